The number of halogens is 1. The normalized spacial score (nSPS) is 19.2. The highest BCUT2D eigenvalue weighted by Gasteiger charge is 2.23. The van der Waals surface area contributed by atoms with Crippen LogP contribution in [0, 0.1) is 0 Å². The minimum absolute atomic E-state index is 0. The molecule has 0 radical (unpaired) electrons. The monoisotopic (exact) mass is 470 g/mol. The number of amides is 1. The van der Waals surface area contributed by atoms with Gasteiger partial charge in [-0.1, -0.05) is 30.4 Å². The first-order valence-corrected chi connectivity index (χ1v) is 8.78. The van der Waals surface area contributed by atoms with Crippen LogP contribution in [0.2, 0.25) is 0 Å². The van der Waals surface area contributed by atoms with Crippen molar-refractivity contribution in [1.82, 2.24) is 15.5 Å². The maximum Gasteiger partial charge on any atom is 0.243 e. The summed E-state index contributed by atoms with van der Waals surface area (Å²) in [4.78, 5) is 18.0. The summed E-state index contributed by atoms with van der Waals surface area (Å²) < 4.78 is 5.73. The number of benzene rings is 1. The second kappa shape index (κ2) is 9.80. The number of aliphatic imine (C=N–C) groups is 1. The van der Waals surface area contributed by atoms with Crippen LogP contribution in [0.25, 0.3) is 0 Å². The largest absolute Gasteiger partial charge is 0.493 e. The number of para-hydroxylation sites is 1. The van der Waals surface area contributed by atoms with E-state index in [1.807, 2.05) is 18.2 Å². The van der Waals surface area contributed by atoms with Gasteiger partial charge in [-0.3, -0.25) is 4.79 Å². The van der Waals surface area contributed by atoms with Gasteiger partial charge in [0.15, 0.2) is 5.96 Å². The number of fused-ring (bicyclic) bond motifs is 1. The molecule has 0 saturated carbocycles. The number of ether oxygens (including phenoxy) is 1. The molecule has 1 atom stereocenters. The minimum Gasteiger partial charge on any atom is -0.493 e. The molecule has 0 aromatic heterocycles. The van der Waals surface area contributed by atoms with Crippen LogP contribution in [-0.4, -0.2) is 50.1 Å². The summed E-state index contributed by atoms with van der Waals surface area (Å²) in [7, 11) is 3.49. The lowest BCUT2D eigenvalue weighted by atomic mass is 10.0. The smallest absolute Gasteiger partial charge is 0.243 e. The van der Waals surface area contributed by atoms with Gasteiger partial charge in [-0.25, -0.2) is 4.99 Å². The Morgan fingerprint density at radius 3 is 2.69 bits per heavy atom. The van der Waals surface area contributed by atoms with E-state index in [1.165, 1.54) is 0 Å². The molecular formula is C19H27IN4O2. The van der Waals surface area contributed by atoms with E-state index in [2.05, 4.69) is 33.8 Å². The predicted molar refractivity (Wildman–Crippen MR) is 114 cm³/mol. The van der Waals surface area contributed by atoms with Gasteiger partial charge in [0.1, 0.15) is 12.3 Å². The van der Waals surface area contributed by atoms with Gasteiger partial charge >= 0.3 is 0 Å². The summed E-state index contributed by atoms with van der Waals surface area (Å²) in [6.07, 6.45) is 7.16. The van der Waals surface area contributed by atoms with E-state index >= 15 is 0 Å². The fraction of sp³-hybridized carbons (Fsp3) is 0.474. The van der Waals surface area contributed by atoms with Crippen LogP contribution in [0.5, 0.6) is 5.75 Å². The summed E-state index contributed by atoms with van der Waals surface area (Å²) in [5, 5.41) is 6.95. The lowest BCUT2D eigenvalue weighted by Crippen LogP contribution is -2.45. The molecule has 1 unspecified atom stereocenters. The van der Waals surface area contributed by atoms with Crippen LogP contribution < -0.4 is 15.4 Å². The summed E-state index contributed by atoms with van der Waals surface area (Å²) in [6.45, 7) is 0.803. The number of likely N-dealkylation sites (N-methyl/N-ethyl adjacent to an activating group) is 1. The molecule has 1 aliphatic carbocycles. The number of rotatable bonds is 4. The van der Waals surface area contributed by atoms with Crippen molar-refractivity contribution in [3.05, 3.63) is 42.0 Å². The second-order valence-electron chi connectivity index (χ2n) is 6.61. The first-order valence-electron chi connectivity index (χ1n) is 8.78. The highest BCUT2D eigenvalue weighted by Crippen LogP contribution is 2.31. The summed E-state index contributed by atoms with van der Waals surface area (Å²) in [5.74, 6) is 1.58. The van der Waals surface area contributed by atoms with Gasteiger partial charge in [0.2, 0.25) is 5.91 Å². The highest BCUT2D eigenvalue weighted by atomic mass is 127. The molecule has 2 N–H and O–H groups in total. The SMILES string of the molecule is CN(C)C(=O)CN=C(NC1CC=CC1)NC1CCOc2ccccc21.I. The van der Waals surface area contributed by atoms with Gasteiger partial charge in [0, 0.05) is 32.1 Å². The standard InChI is InChI=1S/C19H26N4O2.HI/c1-23(2)18(24)13-20-19(21-14-7-3-4-8-14)22-16-11-12-25-17-10-6-5-9-15(16)17;/h3-6,9-10,14,16H,7-8,11-13H2,1-2H3,(H2,20,21,22);1H. The molecule has 0 fully saturated rings. The van der Waals surface area contributed by atoms with Crippen molar-refractivity contribution in [3.8, 4) is 5.75 Å². The zero-order valence-electron chi connectivity index (χ0n) is 15.3. The average Bonchev–Trinajstić information content (AvgIpc) is 3.12. The Kier molecular flexibility index (Phi) is 7.74. The summed E-state index contributed by atoms with van der Waals surface area (Å²) in [5.41, 5.74) is 1.13. The topological polar surface area (TPSA) is 66.0 Å². The van der Waals surface area contributed by atoms with Crippen LogP contribution in [0.4, 0.5) is 0 Å². The van der Waals surface area contributed by atoms with Gasteiger partial charge < -0.3 is 20.3 Å². The molecule has 6 nitrogen and oxygen atoms in total. The van der Waals surface area contributed by atoms with E-state index in [0.717, 1.165) is 30.6 Å². The fourth-order valence-corrected chi connectivity index (χ4v) is 3.01. The van der Waals surface area contributed by atoms with E-state index in [0.29, 0.717) is 18.6 Å². The van der Waals surface area contributed by atoms with Crippen molar-refractivity contribution in [2.24, 2.45) is 4.99 Å². The molecule has 1 aliphatic heterocycles. The molecule has 1 amide bonds. The summed E-state index contributed by atoms with van der Waals surface area (Å²) in [6, 6.07) is 8.52. The van der Waals surface area contributed by atoms with E-state index in [9.17, 15) is 4.79 Å². The third-order valence-corrected chi connectivity index (χ3v) is 4.49. The van der Waals surface area contributed by atoms with E-state index in [1.54, 1.807) is 19.0 Å². The first kappa shape index (κ1) is 20.5. The van der Waals surface area contributed by atoms with Crippen LogP contribution >= 0.6 is 24.0 Å². The molecule has 0 bridgehead atoms. The lowest BCUT2D eigenvalue weighted by Gasteiger charge is -2.29. The molecule has 3 rings (SSSR count). The van der Waals surface area contributed by atoms with Crippen LogP contribution in [0.1, 0.15) is 30.9 Å². The fourth-order valence-electron chi connectivity index (χ4n) is 3.01. The van der Waals surface area contributed by atoms with Crippen molar-refractivity contribution in [1.29, 1.82) is 0 Å². The minimum atomic E-state index is -0.0157. The molecule has 2 aliphatic rings. The Morgan fingerprint density at radius 1 is 1.23 bits per heavy atom. The molecule has 1 aromatic rings. The van der Waals surface area contributed by atoms with Crippen molar-refractivity contribution in [2.45, 2.75) is 31.3 Å². The number of guanidine groups is 1. The molecule has 0 spiro atoms. The molecule has 1 heterocycles. The van der Waals surface area contributed by atoms with Crippen LogP contribution in [0.3, 0.4) is 0 Å². The van der Waals surface area contributed by atoms with Gasteiger partial charge in [-0.2, -0.15) is 0 Å². The number of nitrogens with zero attached hydrogens (tertiary/aromatic N) is 2. The number of hydrogen-bond acceptors (Lipinski definition) is 3. The highest BCUT2D eigenvalue weighted by molar-refractivity contribution is 14.0. The molecule has 1 aromatic carbocycles. The molecule has 142 valence electrons. The van der Waals surface area contributed by atoms with Gasteiger partial charge in [0.05, 0.1) is 12.6 Å². The average molecular weight is 470 g/mol. The lowest BCUT2D eigenvalue weighted by molar-refractivity contribution is -0.127. The Balaban J connectivity index is 0.00000243. The van der Waals surface area contributed by atoms with E-state index in [4.69, 9.17) is 4.74 Å². The third kappa shape index (κ3) is 5.36. The maximum atomic E-state index is 11.9. The Bertz CT molecular complexity index is 667. The molecule has 0 saturated heterocycles. The maximum absolute atomic E-state index is 11.9. The van der Waals surface area contributed by atoms with Gasteiger partial charge in [-0.15, -0.1) is 24.0 Å². The molecular weight excluding hydrogens is 443 g/mol. The van der Waals surface area contributed by atoms with Crippen molar-refractivity contribution in [2.75, 3.05) is 27.2 Å². The predicted octanol–water partition coefficient (Wildman–Crippen LogP) is 2.47. The Labute approximate surface area is 172 Å². The van der Waals surface area contributed by atoms with Crippen molar-refractivity contribution in [3.63, 3.8) is 0 Å². The van der Waals surface area contributed by atoms with E-state index in [-0.39, 0.29) is 42.5 Å². The van der Waals surface area contributed by atoms with Crippen molar-refractivity contribution >= 4 is 35.8 Å². The van der Waals surface area contributed by atoms with Crippen LogP contribution in [0.15, 0.2) is 41.4 Å². The third-order valence-electron chi connectivity index (χ3n) is 4.49. The van der Waals surface area contributed by atoms with Crippen molar-refractivity contribution < 1.29 is 9.53 Å². The zero-order valence-corrected chi connectivity index (χ0v) is 17.6. The quantitative estimate of drug-likeness (QED) is 0.307. The molecule has 7 heteroatoms. The Morgan fingerprint density at radius 2 is 1.96 bits per heavy atom. The van der Waals surface area contributed by atoms with Crippen LogP contribution in [-0.2, 0) is 4.79 Å². The van der Waals surface area contributed by atoms with Gasteiger partial charge in [0.25, 0.3) is 0 Å². The number of carbonyl (C=O) groups excluding carboxylic acids is 1. The number of hydrogen-bond donors (Lipinski definition) is 2. The zero-order chi connectivity index (χ0) is 17.6. The second-order valence-corrected chi connectivity index (χ2v) is 6.61. The Hall–Kier alpha value is -1.77. The molecule has 26 heavy (non-hydrogen) atoms. The van der Waals surface area contributed by atoms with E-state index < -0.39 is 0 Å². The number of nitrogens with one attached hydrogen (secondary N) is 2. The number of carbonyl (C=O) groups is 1. The first-order chi connectivity index (χ1) is 12.1. The van der Waals surface area contributed by atoms with Gasteiger partial charge in [-0.05, 0) is 18.9 Å². The summed E-state index contributed by atoms with van der Waals surface area (Å²) >= 11 is 0.